The number of para-hydroxylation sites is 2. The highest BCUT2D eigenvalue weighted by Crippen LogP contribution is 2.65. The van der Waals surface area contributed by atoms with E-state index in [-0.39, 0.29) is 35.5 Å². The average molecular weight is 295 g/mol. The van der Waals surface area contributed by atoms with Gasteiger partial charge in [0.25, 0.3) is 0 Å². The van der Waals surface area contributed by atoms with E-state index < -0.39 is 0 Å². The maximum atomic E-state index is 13.0. The van der Waals surface area contributed by atoms with E-state index >= 15 is 0 Å². The minimum atomic E-state index is -0.156. The molecule has 1 saturated heterocycles. The van der Waals surface area contributed by atoms with Crippen LogP contribution in [0.25, 0.3) is 0 Å². The van der Waals surface area contributed by atoms with Gasteiger partial charge in [-0.3, -0.25) is 9.59 Å². The first-order valence-electron chi connectivity index (χ1n) is 7.91. The number of hydrogen-bond donors (Lipinski definition) is 0. The third kappa shape index (κ3) is 1.33. The van der Waals surface area contributed by atoms with E-state index in [9.17, 15) is 9.59 Å². The van der Waals surface area contributed by atoms with E-state index in [1.54, 1.807) is 19.2 Å². The Labute approximate surface area is 128 Å². The monoisotopic (exact) mass is 295 g/mol. The molecule has 6 rings (SSSR count). The summed E-state index contributed by atoms with van der Waals surface area (Å²) in [4.78, 5) is 27.4. The number of allylic oxidation sites excluding steroid dienone is 2. The fourth-order valence-electron chi connectivity index (χ4n) is 5.01. The molecule has 6 atom stereocenters. The van der Waals surface area contributed by atoms with Crippen molar-refractivity contribution in [3.8, 4) is 5.75 Å². The maximum absolute atomic E-state index is 13.0. The van der Waals surface area contributed by atoms with Gasteiger partial charge >= 0.3 is 0 Å². The third-order valence-corrected chi connectivity index (χ3v) is 5.99. The Bertz CT molecular complexity index is 689. The van der Waals surface area contributed by atoms with Crippen molar-refractivity contribution in [2.45, 2.75) is 6.42 Å². The fourth-order valence-corrected chi connectivity index (χ4v) is 5.01. The number of benzene rings is 1. The Balaban J connectivity index is 1.60. The minimum absolute atomic E-state index is 0.0378. The van der Waals surface area contributed by atoms with Crippen LogP contribution in [0.5, 0.6) is 5.75 Å². The van der Waals surface area contributed by atoms with E-state index in [1.165, 1.54) is 11.3 Å². The van der Waals surface area contributed by atoms with E-state index in [2.05, 4.69) is 12.2 Å². The van der Waals surface area contributed by atoms with Gasteiger partial charge < -0.3 is 4.74 Å². The number of ether oxygens (including phenoxy) is 1. The molecule has 4 nitrogen and oxygen atoms in total. The van der Waals surface area contributed by atoms with Crippen molar-refractivity contribution in [2.75, 3.05) is 12.0 Å². The first-order valence-corrected chi connectivity index (χ1v) is 7.91. The Hall–Kier alpha value is -2.10. The summed E-state index contributed by atoms with van der Waals surface area (Å²) in [7, 11) is 1.57. The van der Waals surface area contributed by atoms with Gasteiger partial charge in [-0.25, -0.2) is 4.90 Å². The number of carbonyl (C=O) groups is 2. The second-order valence-electron chi connectivity index (χ2n) is 6.84. The Morgan fingerprint density at radius 2 is 1.59 bits per heavy atom. The molecule has 0 radical (unpaired) electrons. The van der Waals surface area contributed by atoms with Gasteiger partial charge in [-0.2, -0.15) is 0 Å². The molecule has 0 N–H and O–H groups in total. The van der Waals surface area contributed by atoms with Gasteiger partial charge in [-0.1, -0.05) is 24.3 Å². The van der Waals surface area contributed by atoms with Crippen LogP contribution in [0.4, 0.5) is 5.69 Å². The molecule has 22 heavy (non-hydrogen) atoms. The van der Waals surface area contributed by atoms with Crippen LogP contribution < -0.4 is 9.64 Å². The van der Waals surface area contributed by atoms with E-state index in [4.69, 9.17) is 4.74 Å². The summed E-state index contributed by atoms with van der Waals surface area (Å²) in [6.45, 7) is 0. The molecule has 0 unspecified atom stereocenters. The largest absolute Gasteiger partial charge is 0.495 e. The molecule has 1 heterocycles. The molecule has 2 saturated carbocycles. The van der Waals surface area contributed by atoms with Gasteiger partial charge in [-0.05, 0) is 42.2 Å². The van der Waals surface area contributed by atoms with Crippen LogP contribution >= 0.6 is 0 Å². The van der Waals surface area contributed by atoms with Crippen molar-refractivity contribution >= 4 is 17.5 Å². The summed E-state index contributed by atoms with van der Waals surface area (Å²) in [5, 5.41) is 0. The zero-order valence-corrected chi connectivity index (χ0v) is 12.3. The first kappa shape index (κ1) is 12.4. The molecule has 0 aromatic heterocycles. The zero-order chi connectivity index (χ0) is 15.0. The summed E-state index contributed by atoms with van der Waals surface area (Å²) >= 11 is 0. The number of amides is 2. The molecular weight excluding hydrogens is 278 g/mol. The van der Waals surface area contributed by atoms with Crippen LogP contribution in [0.1, 0.15) is 6.42 Å². The molecule has 2 bridgehead atoms. The lowest BCUT2D eigenvalue weighted by Gasteiger charge is -2.37. The molecule has 2 amide bonds. The molecule has 5 aliphatic rings. The Morgan fingerprint density at radius 3 is 2.18 bits per heavy atom. The SMILES string of the molecule is COc1ccccc1N1C(=O)[C@@H]2[C@H]3C=C[C@H]([C@@H]4C[C@H]34)[C@@H]2C1=O. The normalized spacial score (nSPS) is 40.7. The molecule has 1 aliphatic heterocycles. The maximum Gasteiger partial charge on any atom is 0.238 e. The summed E-state index contributed by atoms with van der Waals surface area (Å²) in [5.41, 5.74) is 0.586. The quantitative estimate of drug-likeness (QED) is 0.621. The van der Waals surface area contributed by atoms with Crippen molar-refractivity contribution in [1.29, 1.82) is 0 Å². The molecule has 4 aliphatic carbocycles. The second-order valence-corrected chi connectivity index (χ2v) is 6.84. The molecule has 1 aromatic carbocycles. The lowest BCUT2D eigenvalue weighted by molar-refractivity contribution is -0.124. The number of hydrogen-bond acceptors (Lipinski definition) is 3. The predicted molar refractivity (Wildman–Crippen MR) is 80.2 cm³/mol. The Morgan fingerprint density at radius 1 is 1.00 bits per heavy atom. The fraction of sp³-hybridized carbons (Fsp3) is 0.444. The average Bonchev–Trinajstić information content (AvgIpc) is 3.32. The first-order chi connectivity index (χ1) is 10.7. The van der Waals surface area contributed by atoms with Crippen molar-refractivity contribution in [3.63, 3.8) is 0 Å². The van der Waals surface area contributed by atoms with Gasteiger partial charge in [0, 0.05) is 0 Å². The van der Waals surface area contributed by atoms with Crippen LogP contribution in [0.15, 0.2) is 36.4 Å². The van der Waals surface area contributed by atoms with Crippen LogP contribution in [0.3, 0.4) is 0 Å². The summed E-state index contributed by atoms with van der Waals surface area (Å²) in [6.07, 6.45) is 5.57. The highest BCUT2D eigenvalue weighted by molar-refractivity contribution is 6.23. The van der Waals surface area contributed by atoms with Gasteiger partial charge in [0.2, 0.25) is 11.8 Å². The van der Waals surface area contributed by atoms with E-state index in [1.807, 2.05) is 12.1 Å². The van der Waals surface area contributed by atoms with Gasteiger partial charge in [0.05, 0.1) is 24.6 Å². The lowest BCUT2D eigenvalue weighted by Crippen LogP contribution is -2.40. The van der Waals surface area contributed by atoms with Crippen molar-refractivity contribution in [3.05, 3.63) is 36.4 Å². The van der Waals surface area contributed by atoms with Crippen molar-refractivity contribution in [2.24, 2.45) is 35.5 Å². The van der Waals surface area contributed by atoms with Crippen molar-refractivity contribution in [1.82, 2.24) is 0 Å². The van der Waals surface area contributed by atoms with E-state index in [0.717, 1.165) is 0 Å². The predicted octanol–water partition coefficient (Wildman–Crippen LogP) is 2.25. The highest BCUT2D eigenvalue weighted by Gasteiger charge is 2.67. The number of nitrogens with zero attached hydrogens (tertiary/aromatic N) is 1. The van der Waals surface area contributed by atoms with Crippen LogP contribution in [0.2, 0.25) is 0 Å². The molecule has 112 valence electrons. The number of imide groups is 1. The Kier molecular flexibility index (Phi) is 2.26. The summed E-state index contributed by atoms with van der Waals surface area (Å²) < 4.78 is 5.35. The summed E-state index contributed by atoms with van der Waals surface area (Å²) in [6, 6.07) is 7.27. The smallest absolute Gasteiger partial charge is 0.238 e. The van der Waals surface area contributed by atoms with Crippen molar-refractivity contribution < 1.29 is 14.3 Å². The lowest BCUT2D eigenvalue weighted by atomic mass is 9.63. The second kappa shape index (κ2) is 4.00. The molecular formula is C18H17NO3. The standard InChI is InChI=1S/C18H17NO3/c1-22-14-5-3-2-4-13(14)19-17(20)15-9-6-7-10(12-8-11(9)12)16(15)18(19)21/h2-7,9-12,15-16H,8H2,1H3/t9-,10+,11+,12-,15+,16-. The van der Waals surface area contributed by atoms with E-state index in [0.29, 0.717) is 23.3 Å². The molecule has 1 aromatic rings. The van der Waals surface area contributed by atoms with Crippen LogP contribution in [-0.4, -0.2) is 18.9 Å². The third-order valence-electron chi connectivity index (χ3n) is 5.99. The van der Waals surface area contributed by atoms with Gasteiger partial charge in [0.1, 0.15) is 5.75 Å². The van der Waals surface area contributed by atoms with Gasteiger partial charge in [-0.15, -0.1) is 0 Å². The molecule has 0 spiro atoms. The van der Waals surface area contributed by atoms with Crippen LogP contribution in [-0.2, 0) is 9.59 Å². The number of rotatable bonds is 2. The zero-order valence-electron chi connectivity index (χ0n) is 12.3. The minimum Gasteiger partial charge on any atom is -0.495 e. The van der Waals surface area contributed by atoms with Gasteiger partial charge in [0.15, 0.2) is 0 Å². The molecule has 3 fully saturated rings. The number of carbonyl (C=O) groups excluding carboxylic acids is 2. The van der Waals surface area contributed by atoms with Crippen LogP contribution in [0, 0.1) is 35.5 Å². The number of anilines is 1. The summed E-state index contributed by atoms with van der Waals surface area (Å²) in [5.74, 6) is 1.97. The topological polar surface area (TPSA) is 46.6 Å². The highest BCUT2D eigenvalue weighted by atomic mass is 16.5. The number of methoxy groups -OCH3 is 1. The molecule has 4 heteroatoms.